The maximum absolute atomic E-state index is 2.61. The third kappa shape index (κ3) is 6.48. The van der Waals surface area contributed by atoms with E-state index < -0.39 is 0 Å². The minimum absolute atomic E-state index is 0.0805. The molecule has 0 aliphatic carbocycles. The normalized spacial score (nSPS) is 13.1. The summed E-state index contributed by atoms with van der Waals surface area (Å²) < 4.78 is 0. The maximum atomic E-state index is 2.61. The van der Waals surface area contributed by atoms with Gasteiger partial charge in [0.1, 0.15) is 0 Å². The van der Waals surface area contributed by atoms with Gasteiger partial charge in [0.2, 0.25) is 0 Å². The van der Waals surface area contributed by atoms with Gasteiger partial charge in [-0.15, -0.1) is 0 Å². The first-order chi connectivity index (χ1) is 27.6. The predicted molar refractivity (Wildman–Crippen MR) is 248 cm³/mol. The monoisotopic (exact) mass is 740 g/mol. The zero-order chi connectivity index (χ0) is 39.5. The van der Waals surface area contributed by atoms with E-state index in [1.54, 1.807) is 0 Å². The number of fused-ring (bicyclic) bond motifs is 4. The lowest BCUT2D eigenvalue weighted by molar-refractivity contribution is 0.863. The molecular formula is C54H53BN2. The Kier molecular flexibility index (Phi) is 9.44. The maximum Gasteiger partial charge on any atom is 0.252 e. The van der Waals surface area contributed by atoms with E-state index in [2.05, 4.69) is 217 Å². The molecule has 0 unspecified atom stereocenters. The van der Waals surface area contributed by atoms with Crippen LogP contribution in [0.2, 0.25) is 0 Å². The number of rotatable bonds is 8. The number of hydrogen-bond acceptors (Lipinski definition) is 2. The fraction of sp³-hybridized carbons (Fsp3) is 0.222. The van der Waals surface area contributed by atoms with Crippen molar-refractivity contribution in [2.75, 3.05) is 9.80 Å². The number of hydrogen-bond donors (Lipinski definition) is 0. The Morgan fingerprint density at radius 2 is 0.737 bits per heavy atom. The fourth-order valence-corrected chi connectivity index (χ4v) is 9.00. The van der Waals surface area contributed by atoms with E-state index in [1.165, 1.54) is 95.0 Å². The first-order valence-corrected chi connectivity index (χ1v) is 21.0. The zero-order valence-electron chi connectivity index (χ0n) is 34.7. The van der Waals surface area contributed by atoms with Crippen LogP contribution in [0.1, 0.15) is 101 Å². The van der Waals surface area contributed by atoms with Crippen LogP contribution in [0.25, 0.3) is 22.3 Å². The lowest BCUT2D eigenvalue weighted by Crippen LogP contribution is -2.61. The van der Waals surface area contributed by atoms with E-state index in [-0.39, 0.29) is 6.71 Å². The van der Waals surface area contributed by atoms with E-state index in [0.29, 0.717) is 23.7 Å². The lowest BCUT2D eigenvalue weighted by Gasteiger charge is -2.45. The number of nitrogens with zero attached hydrogens (tertiary/aromatic N) is 2. The van der Waals surface area contributed by atoms with Gasteiger partial charge in [-0.05, 0) is 139 Å². The quantitative estimate of drug-likeness (QED) is 0.143. The summed E-state index contributed by atoms with van der Waals surface area (Å²) >= 11 is 0. The van der Waals surface area contributed by atoms with Gasteiger partial charge in [-0.1, -0.05) is 152 Å². The van der Waals surface area contributed by atoms with Crippen molar-refractivity contribution >= 4 is 57.2 Å². The van der Waals surface area contributed by atoms with Crippen molar-refractivity contribution < 1.29 is 0 Å². The second kappa shape index (κ2) is 14.6. The van der Waals surface area contributed by atoms with Gasteiger partial charge in [0.25, 0.3) is 6.71 Å². The Morgan fingerprint density at radius 3 is 1.18 bits per heavy atom. The average Bonchev–Trinajstić information content (AvgIpc) is 3.23. The Hall–Kier alpha value is -5.80. The van der Waals surface area contributed by atoms with E-state index in [1.807, 2.05) is 0 Å². The fourth-order valence-electron chi connectivity index (χ4n) is 9.00. The van der Waals surface area contributed by atoms with Crippen molar-refractivity contribution in [2.45, 2.75) is 79.1 Å². The number of anilines is 6. The summed E-state index contributed by atoms with van der Waals surface area (Å²) in [5.41, 5.74) is 21.8. The molecule has 0 aromatic heterocycles. The van der Waals surface area contributed by atoms with E-state index in [4.69, 9.17) is 0 Å². The van der Waals surface area contributed by atoms with Crippen LogP contribution < -0.4 is 26.2 Å². The average molecular weight is 741 g/mol. The van der Waals surface area contributed by atoms with Crippen LogP contribution in [-0.4, -0.2) is 6.71 Å². The Labute approximate surface area is 340 Å². The van der Waals surface area contributed by atoms with E-state index in [0.717, 1.165) is 0 Å². The molecule has 0 radical (unpaired) electrons. The third-order valence-electron chi connectivity index (χ3n) is 12.4. The molecule has 0 saturated heterocycles. The van der Waals surface area contributed by atoms with Gasteiger partial charge in [0.05, 0.1) is 0 Å². The van der Waals surface area contributed by atoms with Crippen LogP contribution >= 0.6 is 0 Å². The molecule has 0 spiro atoms. The molecule has 0 N–H and O–H groups in total. The zero-order valence-corrected chi connectivity index (χ0v) is 34.7. The summed E-state index contributed by atoms with van der Waals surface area (Å²) in [6, 6.07) is 57.8. The van der Waals surface area contributed by atoms with Gasteiger partial charge in [-0.3, -0.25) is 0 Å². The van der Waals surface area contributed by atoms with Crippen molar-refractivity contribution in [3.05, 3.63) is 174 Å². The van der Waals surface area contributed by atoms with Gasteiger partial charge in [-0.2, -0.15) is 0 Å². The van der Waals surface area contributed by atoms with Gasteiger partial charge in [0.15, 0.2) is 0 Å². The summed E-state index contributed by atoms with van der Waals surface area (Å²) in [5.74, 6) is 1.61. The highest BCUT2D eigenvalue weighted by molar-refractivity contribution is 7.00. The molecule has 2 heterocycles. The van der Waals surface area contributed by atoms with Crippen LogP contribution in [0, 0.1) is 0 Å². The number of benzene rings is 7. The van der Waals surface area contributed by atoms with Crippen molar-refractivity contribution in [1.82, 2.24) is 0 Å². The minimum Gasteiger partial charge on any atom is -0.311 e. The molecule has 282 valence electrons. The molecule has 2 aliphatic rings. The Morgan fingerprint density at radius 1 is 0.333 bits per heavy atom. The van der Waals surface area contributed by atoms with Crippen molar-refractivity contribution in [3.63, 3.8) is 0 Å². The molecule has 7 aromatic carbocycles. The molecule has 2 aliphatic heterocycles. The van der Waals surface area contributed by atoms with Crippen molar-refractivity contribution in [3.8, 4) is 22.3 Å². The van der Waals surface area contributed by atoms with Crippen LogP contribution in [0.15, 0.2) is 152 Å². The molecule has 7 aromatic rings. The molecule has 0 bridgehead atoms. The first kappa shape index (κ1) is 36.8. The summed E-state index contributed by atoms with van der Waals surface area (Å²) in [6.45, 7) is 18.6. The molecule has 3 heteroatoms. The van der Waals surface area contributed by atoms with Gasteiger partial charge in [-0.25, -0.2) is 0 Å². The molecule has 9 rings (SSSR count). The highest BCUT2D eigenvalue weighted by Crippen LogP contribution is 2.47. The predicted octanol–water partition coefficient (Wildman–Crippen LogP) is 13.6. The highest BCUT2D eigenvalue weighted by Gasteiger charge is 2.44. The lowest BCUT2D eigenvalue weighted by atomic mass is 9.33. The second-order valence-corrected chi connectivity index (χ2v) is 17.4. The molecule has 0 saturated carbocycles. The summed E-state index contributed by atoms with van der Waals surface area (Å²) in [7, 11) is 0. The standard InChI is InChI=1S/C54H53BN2/c1-34(2)38-19-23-46(24-20-38)56-50-30-41(35(3)4)21-25-48(50)55-49-26-22-42(36(5)6)31-51(49)57(53-33-43(37(7)8)32-52(56)54(53)55)47-28-44(39-15-11-9-12-16-39)27-45(29-47)40-17-13-10-14-18-40/h9-37H,1-8H3. The Bertz CT molecular complexity index is 2530. The van der Waals surface area contributed by atoms with Crippen molar-refractivity contribution in [1.29, 1.82) is 0 Å². The largest absolute Gasteiger partial charge is 0.311 e. The van der Waals surface area contributed by atoms with Gasteiger partial charge >= 0.3 is 0 Å². The molecule has 0 atom stereocenters. The van der Waals surface area contributed by atoms with Crippen LogP contribution in [0.3, 0.4) is 0 Å². The first-order valence-electron chi connectivity index (χ1n) is 21.0. The summed E-state index contributed by atoms with van der Waals surface area (Å²) in [4.78, 5) is 5.18. The molecule has 57 heavy (non-hydrogen) atoms. The Balaban J connectivity index is 1.39. The molecular weight excluding hydrogens is 687 g/mol. The van der Waals surface area contributed by atoms with Crippen LogP contribution in [0.4, 0.5) is 34.1 Å². The molecule has 0 fully saturated rings. The minimum atomic E-state index is 0.0805. The summed E-state index contributed by atoms with van der Waals surface area (Å²) in [6.07, 6.45) is 0. The summed E-state index contributed by atoms with van der Waals surface area (Å²) in [5, 5.41) is 0. The van der Waals surface area contributed by atoms with Gasteiger partial charge in [0, 0.05) is 34.1 Å². The molecule has 0 amide bonds. The third-order valence-corrected chi connectivity index (χ3v) is 12.4. The second-order valence-electron chi connectivity index (χ2n) is 17.4. The van der Waals surface area contributed by atoms with E-state index >= 15 is 0 Å². The van der Waals surface area contributed by atoms with Crippen LogP contribution in [0.5, 0.6) is 0 Å². The molecule has 2 nitrogen and oxygen atoms in total. The van der Waals surface area contributed by atoms with Crippen LogP contribution in [-0.2, 0) is 0 Å². The SMILES string of the molecule is CC(C)c1ccc(N2c3cc(C(C)C)ccc3B3c4ccc(C(C)C)cc4N(c4cc(-c5ccccc5)cc(-c5ccccc5)c4)c4cc(C(C)C)cc2c43)cc1. The smallest absolute Gasteiger partial charge is 0.252 e. The van der Waals surface area contributed by atoms with Crippen molar-refractivity contribution in [2.24, 2.45) is 0 Å². The topological polar surface area (TPSA) is 6.48 Å². The van der Waals surface area contributed by atoms with Gasteiger partial charge < -0.3 is 9.80 Å². The highest BCUT2D eigenvalue weighted by atomic mass is 15.2. The van der Waals surface area contributed by atoms with E-state index in [9.17, 15) is 0 Å².